The van der Waals surface area contributed by atoms with Crippen molar-refractivity contribution in [1.29, 1.82) is 0 Å². The fourth-order valence-electron chi connectivity index (χ4n) is 2.29. The molecule has 5 nitrogen and oxygen atoms in total. The van der Waals surface area contributed by atoms with E-state index in [-0.39, 0.29) is 17.2 Å². The summed E-state index contributed by atoms with van der Waals surface area (Å²) in [6, 6.07) is 10.8. The van der Waals surface area contributed by atoms with Crippen molar-refractivity contribution in [3.8, 4) is 17.2 Å². The van der Waals surface area contributed by atoms with E-state index in [0.29, 0.717) is 30.0 Å². The molecule has 1 amide bonds. The number of carbonyl (C=O) groups is 1. The molecule has 0 saturated heterocycles. The lowest BCUT2D eigenvalue weighted by molar-refractivity contribution is 0.0951. The topological polar surface area (TPSA) is 67.8 Å². The van der Waals surface area contributed by atoms with E-state index >= 15 is 0 Å². The Morgan fingerprint density at radius 2 is 1.87 bits per heavy atom. The van der Waals surface area contributed by atoms with Gasteiger partial charge in [0.1, 0.15) is 5.75 Å². The Bertz CT molecular complexity index is 697. The van der Waals surface area contributed by atoms with Crippen LogP contribution in [0.5, 0.6) is 17.2 Å². The summed E-state index contributed by atoms with van der Waals surface area (Å²) >= 11 is 0. The molecule has 0 bridgehead atoms. The maximum atomic E-state index is 12.1. The van der Waals surface area contributed by atoms with Crippen LogP contribution in [0.15, 0.2) is 36.4 Å². The summed E-state index contributed by atoms with van der Waals surface area (Å²) < 4.78 is 10.5. The maximum Gasteiger partial charge on any atom is 0.255 e. The van der Waals surface area contributed by atoms with Crippen LogP contribution in [0, 0.1) is 6.92 Å². The number of nitrogens with one attached hydrogen (secondary N) is 1. The number of para-hydroxylation sites is 1. The summed E-state index contributed by atoms with van der Waals surface area (Å²) in [6.07, 6.45) is 0.651. The molecule has 0 aliphatic rings. The van der Waals surface area contributed by atoms with Crippen molar-refractivity contribution in [2.45, 2.75) is 13.3 Å². The largest absolute Gasteiger partial charge is 0.507 e. The zero-order valence-electron chi connectivity index (χ0n) is 13.6. The number of hydrogen-bond acceptors (Lipinski definition) is 4. The Hall–Kier alpha value is -2.69. The number of hydrogen-bond donors (Lipinski definition) is 2. The van der Waals surface area contributed by atoms with Crippen LogP contribution < -0.4 is 14.8 Å². The number of aromatic hydroxyl groups is 1. The number of ether oxygens (including phenoxy) is 2. The Kier molecular flexibility index (Phi) is 5.46. The van der Waals surface area contributed by atoms with Gasteiger partial charge in [-0.3, -0.25) is 4.79 Å². The number of methoxy groups -OCH3 is 2. The molecule has 0 aliphatic carbocycles. The fraction of sp³-hybridized carbons (Fsp3) is 0.278. The molecule has 5 heteroatoms. The SMILES string of the molecule is COc1ccc(CCNC(=O)c2cccc(C)c2O)cc1OC. The second-order valence-corrected chi connectivity index (χ2v) is 5.17. The monoisotopic (exact) mass is 315 g/mol. The third kappa shape index (κ3) is 3.94. The molecule has 0 aromatic heterocycles. The highest BCUT2D eigenvalue weighted by molar-refractivity contribution is 5.97. The van der Waals surface area contributed by atoms with Crippen LogP contribution in [0.4, 0.5) is 0 Å². The van der Waals surface area contributed by atoms with Gasteiger partial charge < -0.3 is 19.9 Å². The van der Waals surface area contributed by atoms with Crippen LogP contribution in [-0.4, -0.2) is 31.8 Å². The van der Waals surface area contributed by atoms with Gasteiger partial charge in [-0.2, -0.15) is 0 Å². The first-order valence-electron chi connectivity index (χ1n) is 7.34. The fourth-order valence-corrected chi connectivity index (χ4v) is 2.29. The van der Waals surface area contributed by atoms with E-state index in [1.54, 1.807) is 39.3 Å². The van der Waals surface area contributed by atoms with Crippen molar-refractivity contribution in [3.63, 3.8) is 0 Å². The first-order valence-corrected chi connectivity index (χ1v) is 7.34. The van der Waals surface area contributed by atoms with Gasteiger partial charge in [0.25, 0.3) is 5.91 Å². The molecule has 23 heavy (non-hydrogen) atoms. The third-order valence-corrected chi connectivity index (χ3v) is 3.63. The zero-order valence-corrected chi connectivity index (χ0v) is 13.6. The molecular formula is C18H21NO4. The van der Waals surface area contributed by atoms with Gasteiger partial charge in [-0.1, -0.05) is 18.2 Å². The molecule has 0 heterocycles. The van der Waals surface area contributed by atoms with E-state index in [2.05, 4.69) is 5.32 Å². The van der Waals surface area contributed by atoms with Gasteiger partial charge in [0.15, 0.2) is 11.5 Å². The Balaban J connectivity index is 1.97. The first kappa shape index (κ1) is 16.7. The molecule has 0 spiro atoms. The molecule has 0 aliphatic heterocycles. The van der Waals surface area contributed by atoms with E-state index in [1.165, 1.54) is 0 Å². The number of carbonyl (C=O) groups excluding carboxylic acids is 1. The lowest BCUT2D eigenvalue weighted by atomic mass is 10.1. The predicted molar refractivity (Wildman–Crippen MR) is 88.4 cm³/mol. The molecule has 0 fully saturated rings. The third-order valence-electron chi connectivity index (χ3n) is 3.63. The molecular weight excluding hydrogens is 294 g/mol. The van der Waals surface area contributed by atoms with E-state index in [1.807, 2.05) is 18.2 Å². The Morgan fingerprint density at radius 1 is 1.13 bits per heavy atom. The molecule has 2 N–H and O–H groups in total. The number of rotatable bonds is 6. The van der Waals surface area contributed by atoms with Gasteiger partial charge >= 0.3 is 0 Å². The average molecular weight is 315 g/mol. The van der Waals surface area contributed by atoms with Crippen LogP contribution in [-0.2, 0) is 6.42 Å². The Labute approximate surface area is 135 Å². The molecule has 2 rings (SSSR count). The van der Waals surface area contributed by atoms with Crippen molar-refractivity contribution >= 4 is 5.91 Å². The minimum absolute atomic E-state index is 0.0242. The highest BCUT2D eigenvalue weighted by Gasteiger charge is 2.12. The molecule has 2 aromatic carbocycles. The number of amides is 1. The highest BCUT2D eigenvalue weighted by atomic mass is 16.5. The van der Waals surface area contributed by atoms with Crippen LogP contribution in [0.2, 0.25) is 0 Å². The van der Waals surface area contributed by atoms with Gasteiger partial charge in [0.05, 0.1) is 19.8 Å². The zero-order chi connectivity index (χ0) is 16.8. The van der Waals surface area contributed by atoms with Crippen molar-refractivity contribution in [2.75, 3.05) is 20.8 Å². The number of benzene rings is 2. The second kappa shape index (κ2) is 7.54. The van der Waals surface area contributed by atoms with E-state index in [0.717, 1.165) is 5.56 Å². The quantitative estimate of drug-likeness (QED) is 0.860. The minimum atomic E-state index is -0.285. The summed E-state index contributed by atoms with van der Waals surface area (Å²) in [4.78, 5) is 12.1. The molecule has 0 atom stereocenters. The van der Waals surface area contributed by atoms with Crippen molar-refractivity contribution < 1.29 is 19.4 Å². The first-order chi connectivity index (χ1) is 11.1. The molecule has 0 unspecified atom stereocenters. The lowest BCUT2D eigenvalue weighted by Crippen LogP contribution is -2.25. The standard InChI is InChI=1S/C18H21NO4/c1-12-5-4-6-14(17(12)20)18(21)19-10-9-13-7-8-15(22-2)16(11-13)23-3/h4-8,11,20H,9-10H2,1-3H3,(H,19,21). The van der Waals surface area contributed by atoms with Crippen LogP contribution in [0.1, 0.15) is 21.5 Å². The smallest absolute Gasteiger partial charge is 0.255 e. The Morgan fingerprint density at radius 3 is 2.57 bits per heavy atom. The molecule has 2 aromatic rings. The maximum absolute atomic E-state index is 12.1. The summed E-state index contributed by atoms with van der Waals surface area (Å²) in [5.41, 5.74) is 1.99. The minimum Gasteiger partial charge on any atom is -0.507 e. The van der Waals surface area contributed by atoms with Gasteiger partial charge in [0.2, 0.25) is 0 Å². The predicted octanol–water partition coefficient (Wildman–Crippen LogP) is 2.69. The van der Waals surface area contributed by atoms with Crippen LogP contribution in [0.3, 0.4) is 0 Å². The highest BCUT2D eigenvalue weighted by Crippen LogP contribution is 2.27. The number of phenols is 1. The molecule has 0 saturated carbocycles. The molecule has 122 valence electrons. The van der Waals surface area contributed by atoms with Gasteiger partial charge in [-0.15, -0.1) is 0 Å². The summed E-state index contributed by atoms with van der Waals surface area (Å²) in [5.74, 6) is 1.07. The second-order valence-electron chi connectivity index (χ2n) is 5.17. The van der Waals surface area contributed by atoms with Crippen molar-refractivity contribution in [1.82, 2.24) is 5.32 Å². The van der Waals surface area contributed by atoms with Crippen LogP contribution >= 0.6 is 0 Å². The summed E-state index contributed by atoms with van der Waals surface area (Å²) in [5, 5.41) is 12.7. The van der Waals surface area contributed by atoms with Crippen LogP contribution in [0.25, 0.3) is 0 Å². The van der Waals surface area contributed by atoms with Gasteiger partial charge in [-0.25, -0.2) is 0 Å². The van der Waals surface area contributed by atoms with E-state index in [4.69, 9.17) is 9.47 Å². The normalized spacial score (nSPS) is 10.2. The summed E-state index contributed by atoms with van der Waals surface area (Å²) in [7, 11) is 3.18. The van der Waals surface area contributed by atoms with Gasteiger partial charge in [-0.05, 0) is 42.7 Å². The van der Waals surface area contributed by atoms with E-state index < -0.39 is 0 Å². The molecule has 0 radical (unpaired) electrons. The number of phenolic OH excluding ortho intramolecular Hbond substituents is 1. The van der Waals surface area contributed by atoms with Crippen molar-refractivity contribution in [2.24, 2.45) is 0 Å². The van der Waals surface area contributed by atoms with E-state index in [9.17, 15) is 9.90 Å². The van der Waals surface area contributed by atoms with Crippen molar-refractivity contribution in [3.05, 3.63) is 53.1 Å². The lowest BCUT2D eigenvalue weighted by Gasteiger charge is -2.11. The number of aryl methyl sites for hydroxylation is 1. The average Bonchev–Trinajstić information content (AvgIpc) is 2.57. The van der Waals surface area contributed by atoms with Gasteiger partial charge in [0, 0.05) is 6.54 Å². The summed E-state index contributed by atoms with van der Waals surface area (Å²) in [6.45, 7) is 2.22.